The highest BCUT2D eigenvalue weighted by Crippen LogP contribution is 2.34. The van der Waals surface area contributed by atoms with Crippen molar-refractivity contribution in [1.82, 2.24) is 9.80 Å². The van der Waals surface area contributed by atoms with Crippen molar-refractivity contribution < 1.29 is 14.3 Å². The van der Waals surface area contributed by atoms with Gasteiger partial charge in [-0.2, -0.15) is 0 Å². The molecule has 5 nitrogen and oxygen atoms in total. The zero-order valence-corrected chi connectivity index (χ0v) is 16.2. The Hall–Kier alpha value is -2.66. The number of rotatable bonds is 5. The van der Waals surface area contributed by atoms with E-state index in [-0.39, 0.29) is 30.4 Å². The summed E-state index contributed by atoms with van der Waals surface area (Å²) in [6, 6.07) is 19.6. The minimum atomic E-state index is -0.518. The van der Waals surface area contributed by atoms with Gasteiger partial charge in [0.05, 0.1) is 5.92 Å². The van der Waals surface area contributed by atoms with Crippen LogP contribution in [0.3, 0.4) is 0 Å². The van der Waals surface area contributed by atoms with Crippen molar-refractivity contribution in [2.24, 2.45) is 11.8 Å². The van der Waals surface area contributed by atoms with Gasteiger partial charge in [-0.15, -0.1) is 0 Å². The first-order valence-corrected chi connectivity index (χ1v) is 9.98. The summed E-state index contributed by atoms with van der Waals surface area (Å²) >= 11 is 0. The number of amides is 2. The maximum absolute atomic E-state index is 13.4. The predicted octanol–water partition coefficient (Wildman–Crippen LogP) is 3.86. The Labute approximate surface area is 165 Å². The van der Waals surface area contributed by atoms with Crippen LogP contribution in [0, 0.1) is 11.8 Å². The molecule has 146 valence electrons. The van der Waals surface area contributed by atoms with Crippen LogP contribution in [0.2, 0.25) is 0 Å². The molecule has 0 spiro atoms. The van der Waals surface area contributed by atoms with Crippen LogP contribution in [-0.2, 0) is 16.1 Å². The smallest absolute Gasteiger partial charge is 0.417 e. The lowest BCUT2D eigenvalue weighted by atomic mass is 9.91. The third-order valence-corrected chi connectivity index (χ3v) is 5.90. The van der Waals surface area contributed by atoms with Crippen LogP contribution in [0.4, 0.5) is 4.79 Å². The molecular weight excluding hydrogens is 352 g/mol. The topological polar surface area (TPSA) is 49.9 Å². The van der Waals surface area contributed by atoms with Crippen LogP contribution in [0.15, 0.2) is 60.7 Å². The van der Waals surface area contributed by atoms with Gasteiger partial charge in [0.15, 0.2) is 0 Å². The van der Waals surface area contributed by atoms with Gasteiger partial charge in [-0.3, -0.25) is 9.69 Å². The second kappa shape index (κ2) is 8.15. The van der Waals surface area contributed by atoms with E-state index in [1.54, 1.807) is 0 Å². The van der Waals surface area contributed by atoms with Crippen LogP contribution >= 0.6 is 0 Å². The lowest BCUT2D eigenvalue weighted by molar-refractivity contribution is -0.134. The summed E-state index contributed by atoms with van der Waals surface area (Å²) in [4.78, 5) is 29.5. The van der Waals surface area contributed by atoms with E-state index < -0.39 is 6.09 Å². The Kier molecular flexibility index (Phi) is 5.44. The summed E-state index contributed by atoms with van der Waals surface area (Å²) in [7, 11) is 0. The van der Waals surface area contributed by atoms with E-state index in [4.69, 9.17) is 4.74 Å². The number of cyclic esters (lactones) is 1. The number of imide groups is 1. The van der Waals surface area contributed by atoms with E-state index in [1.165, 1.54) is 10.5 Å². The third-order valence-electron chi connectivity index (χ3n) is 5.90. The molecule has 0 N–H and O–H groups in total. The molecule has 0 saturated carbocycles. The lowest BCUT2D eigenvalue weighted by Gasteiger charge is -2.25. The molecule has 2 fully saturated rings. The van der Waals surface area contributed by atoms with Gasteiger partial charge < -0.3 is 4.74 Å². The van der Waals surface area contributed by atoms with Gasteiger partial charge in [0.25, 0.3) is 0 Å². The fraction of sp³-hybridized carbons (Fsp3) is 0.391. The second-order valence-corrected chi connectivity index (χ2v) is 7.67. The summed E-state index contributed by atoms with van der Waals surface area (Å²) in [5.74, 6) is -0.0228. The zero-order valence-electron chi connectivity index (χ0n) is 16.2. The molecule has 0 aliphatic carbocycles. The normalized spacial score (nSPS) is 25.1. The van der Waals surface area contributed by atoms with Crippen LogP contribution in [0.25, 0.3) is 0 Å². The van der Waals surface area contributed by atoms with Gasteiger partial charge in [0.2, 0.25) is 5.91 Å². The molecule has 2 aromatic rings. The van der Waals surface area contributed by atoms with Crippen molar-refractivity contribution in [3.63, 3.8) is 0 Å². The number of benzene rings is 2. The van der Waals surface area contributed by atoms with Crippen molar-refractivity contribution in [3.8, 4) is 0 Å². The highest BCUT2D eigenvalue weighted by atomic mass is 16.6. The quantitative estimate of drug-likeness (QED) is 0.793. The molecule has 4 rings (SSSR count). The van der Waals surface area contributed by atoms with Crippen LogP contribution < -0.4 is 0 Å². The number of carbonyl (C=O) groups is 2. The van der Waals surface area contributed by atoms with Crippen molar-refractivity contribution in [3.05, 3.63) is 71.8 Å². The number of nitrogens with zero attached hydrogens (tertiary/aromatic N) is 2. The highest BCUT2D eigenvalue weighted by molar-refractivity contribution is 5.95. The fourth-order valence-electron chi connectivity index (χ4n) is 4.39. The van der Waals surface area contributed by atoms with Gasteiger partial charge in [-0.25, -0.2) is 9.69 Å². The number of ether oxygens (including phenoxy) is 1. The Bertz CT molecular complexity index is 824. The maximum atomic E-state index is 13.4. The summed E-state index contributed by atoms with van der Waals surface area (Å²) in [5.41, 5.74) is 2.18. The Morgan fingerprint density at radius 2 is 1.71 bits per heavy atom. The van der Waals surface area contributed by atoms with Gasteiger partial charge in [-0.05, 0) is 17.0 Å². The molecule has 0 aromatic heterocycles. The fourth-order valence-corrected chi connectivity index (χ4v) is 4.39. The molecular formula is C23H26N2O3. The maximum Gasteiger partial charge on any atom is 0.417 e. The van der Waals surface area contributed by atoms with Crippen molar-refractivity contribution in [2.75, 3.05) is 19.7 Å². The average Bonchev–Trinajstić information content (AvgIpc) is 3.32. The van der Waals surface area contributed by atoms with E-state index in [2.05, 4.69) is 24.0 Å². The Morgan fingerprint density at radius 3 is 2.39 bits per heavy atom. The largest absolute Gasteiger partial charge is 0.446 e. The van der Waals surface area contributed by atoms with Crippen LogP contribution in [-0.4, -0.2) is 41.5 Å². The number of likely N-dealkylation sites (tertiary alicyclic amines) is 1. The van der Waals surface area contributed by atoms with Gasteiger partial charge >= 0.3 is 6.09 Å². The molecule has 3 atom stereocenters. The summed E-state index contributed by atoms with van der Waals surface area (Å²) in [5, 5.41) is 0. The number of carbonyl (C=O) groups excluding carboxylic acids is 2. The molecule has 2 heterocycles. The van der Waals surface area contributed by atoms with E-state index >= 15 is 0 Å². The van der Waals surface area contributed by atoms with Gasteiger partial charge in [0.1, 0.15) is 12.6 Å². The summed E-state index contributed by atoms with van der Waals surface area (Å²) in [6.07, 6.45) is 0.399. The molecule has 0 unspecified atom stereocenters. The third kappa shape index (κ3) is 3.67. The average molecular weight is 378 g/mol. The molecule has 2 saturated heterocycles. The molecule has 2 aliphatic heterocycles. The standard InChI is InChI=1S/C23H26N2O3/c1-2-18-14-24(13-17-9-5-3-6-10-17)15-20(18)22(26)25-21(16-28-23(25)27)19-11-7-4-8-12-19/h3-12,18,20-21H,2,13-16H2,1H3/t18-,20-,21+/m0/s1. The molecule has 5 heteroatoms. The van der Waals surface area contributed by atoms with E-state index in [0.717, 1.165) is 25.1 Å². The van der Waals surface area contributed by atoms with E-state index in [0.29, 0.717) is 6.54 Å². The highest BCUT2D eigenvalue weighted by Gasteiger charge is 2.46. The number of hydrogen-bond acceptors (Lipinski definition) is 4. The van der Waals surface area contributed by atoms with Gasteiger partial charge in [0, 0.05) is 19.6 Å². The van der Waals surface area contributed by atoms with Crippen molar-refractivity contribution in [1.29, 1.82) is 0 Å². The van der Waals surface area contributed by atoms with E-state index in [1.807, 2.05) is 48.5 Å². The Balaban J connectivity index is 1.51. The zero-order chi connectivity index (χ0) is 19.5. The summed E-state index contributed by atoms with van der Waals surface area (Å²) in [6.45, 7) is 4.73. The minimum Gasteiger partial charge on any atom is -0.446 e. The lowest BCUT2D eigenvalue weighted by Crippen LogP contribution is -2.41. The van der Waals surface area contributed by atoms with Gasteiger partial charge in [-0.1, -0.05) is 74.0 Å². The first kappa shape index (κ1) is 18.7. The Morgan fingerprint density at radius 1 is 1.04 bits per heavy atom. The molecule has 0 bridgehead atoms. The summed E-state index contributed by atoms with van der Waals surface area (Å²) < 4.78 is 5.26. The monoisotopic (exact) mass is 378 g/mol. The van der Waals surface area contributed by atoms with Crippen molar-refractivity contribution >= 4 is 12.0 Å². The van der Waals surface area contributed by atoms with Crippen LogP contribution in [0.5, 0.6) is 0 Å². The predicted molar refractivity (Wildman–Crippen MR) is 106 cm³/mol. The van der Waals surface area contributed by atoms with Crippen LogP contribution in [0.1, 0.15) is 30.5 Å². The molecule has 2 amide bonds. The molecule has 2 aliphatic rings. The SMILES string of the molecule is CC[C@H]1CN(Cc2ccccc2)C[C@@H]1C(=O)N1C(=O)OC[C@@H]1c1ccccc1. The number of hydrogen-bond donors (Lipinski definition) is 0. The minimum absolute atomic E-state index is 0.0984. The van der Waals surface area contributed by atoms with E-state index in [9.17, 15) is 9.59 Å². The molecule has 28 heavy (non-hydrogen) atoms. The first-order chi connectivity index (χ1) is 13.7. The second-order valence-electron chi connectivity index (χ2n) is 7.67. The van der Waals surface area contributed by atoms with Crippen molar-refractivity contribution in [2.45, 2.75) is 25.9 Å². The molecule has 0 radical (unpaired) electrons. The molecule has 2 aromatic carbocycles. The first-order valence-electron chi connectivity index (χ1n) is 9.98.